The minimum absolute atomic E-state index is 0.0559. The summed E-state index contributed by atoms with van der Waals surface area (Å²) in [5.74, 6) is -0.172. The molecule has 5 heteroatoms. The van der Waals surface area contributed by atoms with Crippen molar-refractivity contribution in [3.63, 3.8) is 0 Å². The lowest BCUT2D eigenvalue weighted by molar-refractivity contribution is 0.585. The molecule has 1 aromatic carbocycles. The topological polar surface area (TPSA) is 28.2 Å². The smallest absolute Gasteiger partial charge is 0.185 e. The Balaban J connectivity index is 2.16. The fourth-order valence-corrected chi connectivity index (χ4v) is 3.22. The zero-order valence-electron chi connectivity index (χ0n) is 12.9. The summed E-state index contributed by atoms with van der Waals surface area (Å²) in [4.78, 5) is 7.69. The minimum atomic E-state index is -0.172. The van der Waals surface area contributed by atoms with Crippen LogP contribution in [0, 0.1) is 5.82 Å². The third-order valence-electron chi connectivity index (χ3n) is 3.69. The Kier molecular flexibility index (Phi) is 5.31. The molecule has 0 saturated heterocycles. The van der Waals surface area contributed by atoms with E-state index in [4.69, 9.17) is 0 Å². The van der Waals surface area contributed by atoms with Crippen LogP contribution in [0.15, 0.2) is 30.5 Å². The van der Waals surface area contributed by atoms with Gasteiger partial charge >= 0.3 is 0 Å². The molecule has 0 aliphatic rings. The average Bonchev–Trinajstić information content (AvgIpc) is 2.96. The number of benzene rings is 1. The van der Waals surface area contributed by atoms with Crippen LogP contribution in [0.5, 0.6) is 0 Å². The van der Waals surface area contributed by atoms with Crippen molar-refractivity contribution < 1.29 is 4.39 Å². The Morgan fingerprint density at radius 1 is 1.33 bits per heavy atom. The van der Waals surface area contributed by atoms with Gasteiger partial charge in [-0.3, -0.25) is 0 Å². The third-order valence-corrected chi connectivity index (χ3v) is 4.96. The van der Waals surface area contributed by atoms with Gasteiger partial charge in [-0.2, -0.15) is 0 Å². The molecule has 0 aliphatic heterocycles. The lowest BCUT2D eigenvalue weighted by atomic mass is 10.1. The number of halogens is 1. The molecule has 3 nitrogen and oxygen atoms in total. The predicted molar refractivity (Wildman–Crippen MR) is 87.4 cm³/mol. The number of anilines is 1. The first-order chi connectivity index (χ1) is 10.0. The molecule has 1 heterocycles. The second kappa shape index (κ2) is 7.00. The van der Waals surface area contributed by atoms with Crippen molar-refractivity contribution in [3.8, 4) is 0 Å². The number of hydrogen-bond donors (Lipinski definition) is 1. The van der Waals surface area contributed by atoms with E-state index in [0.717, 1.165) is 11.7 Å². The van der Waals surface area contributed by atoms with E-state index in [0.29, 0.717) is 11.6 Å². The van der Waals surface area contributed by atoms with Crippen LogP contribution in [0.25, 0.3) is 0 Å². The van der Waals surface area contributed by atoms with Gasteiger partial charge < -0.3 is 10.2 Å². The normalized spacial score (nSPS) is 14.0. The van der Waals surface area contributed by atoms with Crippen LogP contribution < -0.4 is 10.2 Å². The van der Waals surface area contributed by atoms with Gasteiger partial charge in [-0.25, -0.2) is 9.37 Å². The SMILES string of the molecule is CCNC(C)c1cnc(N(C)C(C)c2ccccc2F)s1. The predicted octanol–water partition coefficient (Wildman–Crippen LogP) is 4.15. The number of nitrogens with zero attached hydrogens (tertiary/aromatic N) is 2. The molecule has 0 fully saturated rings. The average molecular weight is 307 g/mol. The highest BCUT2D eigenvalue weighted by atomic mass is 32.1. The van der Waals surface area contributed by atoms with Crippen LogP contribution in [0.4, 0.5) is 9.52 Å². The van der Waals surface area contributed by atoms with Crippen LogP contribution in [-0.4, -0.2) is 18.6 Å². The first kappa shape index (κ1) is 15.9. The lowest BCUT2D eigenvalue weighted by Crippen LogP contribution is -2.22. The summed E-state index contributed by atoms with van der Waals surface area (Å²) in [6, 6.07) is 7.14. The maximum absolute atomic E-state index is 13.9. The van der Waals surface area contributed by atoms with Gasteiger partial charge in [-0.05, 0) is 26.5 Å². The summed E-state index contributed by atoms with van der Waals surface area (Å²) in [7, 11) is 1.96. The van der Waals surface area contributed by atoms with E-state index in [9.17, 15) is 4.39 Å². The van der Waals surface area contributed by atoms with E-state index in [2.05, 4.69) is 24.1 Å². The zero-order chi connectivity index (χ0) is 15.4. The van der Waals surface area contributed by atoms with Crippen molar-refractivity contribution in [1.29, 1.82) is 0 Å². The Morgan fingerprint density at radius 3 is 2.71 bits per heavy atom. The van der Waals surface area contributed by atoms with E-state index in [1.807, 2.05) is 37.2 Å². The zero-order valence-corrected chi connectivity index (χ0v) is 13.7. The highest BCUT2D eigenvalue weighted by Gasteiger charge is 2.19. The van der Waals surface area contributed by atoms with E-state index in [1.54, 1.807) is 17.4 Å². The van der Waals surface area contributed by atoms with Crippen molar-refractivity contribution >= 4 is 16.5 Å². The first-order valence-electron chi connectivity index (χ1n) is 7.21. The monoisotopic (exact) mass is 307 g/mol. The third kappa shape index (κ3) is 3.60. The lowest BCUT2D eigenvalue weighted by Gasteiger charge is -2.25. The quantitative estimate of drug-likeness (QED) is 0.869. The summed E-state index contributed by atoms with van der Waals surface area (Å²) in [5.41, 5.74) is 0.691. The Morgan fingerprint density at radius 2 is 2.05 bits per heavy atom. The number of nitrogens with one attached hydrogen (secondary N) is 1. The molecule has 2 unspecified atom stereocenters. The molecule has 0 spiro atoms. The maximum atomic E-state index is 13.9. The number of aromatic nitrogens is 1. The van der Waals surface area contributed by atoms with Crippen LogP contribution in [0.2, 0.25) is 0 Å². The van der Waals surface area contributed by atoms with E-state index in [1.165, 1.54) is 10.9 Å². The summed E-state index contributed by atoms with van der Waals surface area (Å²) in [5, 5.41) is 4.28. The van der Waals surface area contributed by atoms with Gasteiger partial charge in [0.25, 0.3) is 0 Å². The molecule has 2 atom stereocenters. The fraction of sp³-hybridized carbons (Fsp3) is 0.438. The first-order valence-corrected chi connectivity index (χ1v) is 8.02. The maximum Gasteiger partial charge on any atom is 0.185 e. The highest BCUT2D eigenvalue weighted by molar-refractivity contribution is 7.15. The number of rotatable bonds is 6. The molecule has 0 amide bonds. The molecule has 1 N–H and O–H groups in total. The molecule has 1 aromatic heterocycles. The van der Waals surface area contributed by atoms with Gasteiger partial charge in [0.1, 0.15) is 5.82 Å². The van der Waals surface area contributed by atoms with Crippen molar-refractivity contribution in [2.45, 2.75) is 32.9 Å². The largest absolute Gasteiger partial charge is 0.344 e. The van der Waals surface area contributed by atoms with Gasteiger partial charge in [0.2, 0.25) is 0 Å². The number of thiazole rings is 1. The van der Waals surface area contributed by atoms with Crippen molar-refractivity contribution in [3.05, 3.63) is 46.7 Å². The molecule has 0 saturated carbocycles. The molecule has 2 aromatic rings. The fourth-order valence-electron chi connectivity index (χ4n) is 2.24. The molecule has 0 bridgehead atoms. The molecule has 21 heavy (non-hydrogen) atoms. The second-order valence-corrected chi connectivity index (χ2v) is 6.17. The van der Waals surface area contributed by atoms with Gasteiger partial charge in [-0.1, -0.05) is 25.1 Å². The van der Waals surface area contributed by atoms with Crippen LogP contribution >= 0.6 is 11.3 Å². The molecule has 114 valence electrons. The molecular weight excluding hydrogens is 285 g/mol. The molecule has 2 rings (SSSR count). The van der Waals surface area contributed by atoms with Gasteiger partial charge in [0.15, 0.2) is 5.13 Å². The Labute approximate surface area is 129 Å². The van der Waals surface area contributed by atoms with E-state index < -0.39 is 0 Å². The Hall–Kier alpha value is -1.46. The van der Waals surface area contributed by atoms with E-state index >= 15 is 0 Å². The minimum Gasteiger partial charge on any atom is -0.344 e. The van der Waals surface area contributed by atoms with E-state index in [-0.39, 0.29) is 11.9 Å². The number of hydrogen-bond acceptors (Lipinski definition) is 4. The van der Waals surface area contributed by atoms with Gasteiger partial charge in [0, 0.05) is 29.7 Å². The second-order valence-electron chi connectivity index (χ2n) is 5.13. The molecule has 0 aliphatic carbocycles. The van der Waals surface area contributed by atoms with Crippen molar-refractivity contribution in [2.24, 2.45) is 0 Å². The molecular formula is C16H22FN3S. The summed E-state index contributed by atoms with van der Waals surface area (Å²) in [6.07, 6.45) is 1.90. The summed E-state index contributed by atoms with van der Waals surface area (Å²) >= 11 is 1.65. The van der Waals surface area contributed by atoms with Crippen LogP contribution in [0.1, 0.15) is 43.3 Å². The van der Waals surface area contributed by atoms with Crippen LogP contribution in [-0.2, 0) is 0 Å². The summed E-state index contributed by atoms with van der Waals surface area (Å²) in [6.45, 7) is 7.13. The molecule has 0 radical (unpaired) electrons. The van der Waals surface area contributed by atoms with Crippen molar-refractivity contribution in [2.75, 3.05) is 18.5 Å². The van der Waals surface area contributed by atoms with Gasteiger partial charge in [-0.15, -0.1) is 11.3 Å². The summed E-state index contributed by atoms with van der Waals surface area (Å²) < 4.78 is 13.9. The standard InChI is InChI=1S/C16H22FN3S/c1-5-18-11(2)15-10-19-16(21-15)20(4)12(3)13-8-6-7-9-14(13)17/h6-12,18H,5H2,1-4H3. The highest BCUT2D eigenvalue weighted by Crippen LogP contribution is 2.32. The Bertz CT molecular complexity index is 584. The van der Waals surface area contributed by atoms with Crippen molar-refractivity contribution in [1.82, 2.24) is 10.3 Å². The van der Waals surface area contributed by atoms with Crippen LogP contribution in [0.3, 0.4) is 0 Å². The van der Waals surface area contributed by atoms with Gasteiger partial charge in [0.05, 0.1) is 6.04 Å².